The van der Waals surface area contributed by atoms with Gasteiger partial charge in [-0.3, -0.25) is 10.2 Å². The molecule has 142 valence electrons. The van der Waals surface area contributed by atoms with Crippen LogP contribution in [0.5, 0.6) is 5.75 Å². The van der Waals surface area contributed by atoms with E-state index in [0.29, 0.717) is 24.3 Å². The van der Waals surface area contributed by atoms with Gasteiger partial charge < -0.3 is 18.8 Å². The topological polar surface area (TPSA) is 63.2 Å². The van der Waals surface area contributed by atoms with E-state index >= 15 is 0 Å². The van der Waals surface area contributed by atoms with Crippen molar-refractivity contribution in [3.05, 3.63) is 59.7 Å². The molecule has 0 unspecified atom stereocenters. The van der Waals surface area contributed by atoms with E-state index in [1.54, 1.807) is 16.7 Å². The maximum Gasteiger partial charge on any atom is 0.203 e. The van der Waals surface area contributed by atoms with Gasteiger partial charge in [0.25, 0.3) is 0 Å². The number of hydrogen-bond donors (Lipinski definition) is 1. The lowest BCUT2D eigenvalue weighted by molar-refractivity contribution is 0.0971. The number of hydrogen-bond acceptors (Lipinski definition) is 4. The van der Waals surface area contributed by atoms with Crippen molar-refractivity contribution in [2.45, 2.75) is 20.0 Å². The van der Waals surface area contributed by atoms with Crippen molar-refractivity contribution in [1.82, 2.24) is 14.0 Å². The number of aromatic nitrogens is 2. The van der Waals surface area contributed by atoms with Gasteiger partial charge in [0.15, 0.2) is 5.78 Å². The molecule has 0 aliphatic carbocycles. The predicted octanol–water partition coefficient (Wildman–Crippen LogP) is 2.77. The second-order valence-corrected chi connectivity index (χ2v) is 6.73. The highest BCUT2D eigenvalue weighted by Crippen LogP contribution is 2.16. The number of para-hydroxylation sites is 2. The largest absolute Gasteiger partial charge is 0.494 e. The highest BCUT2D eigenvalue weighted by Gasteiger charge is 2.14. The number of nitrogens with zero attached hydrogens (tertiary/aromatic N) is 3. The van der Waals surface area contributed by atoms with E-state index in [0.717, 1.165) is 23.3 Å². The van der Waals surface area contributed by atoms with Gasteiger partial charge in [-0.2, -0.15) is 0 Å². The molecule has 0 saturated heterocycles. The number of fused-ring (bicyclic) bond motifs is 1. The van der Waals surface area contributed by atoms with E-state index < -0.39 is 0 Å². The van der Waals surface area contributed by atoms with Crippen LogP contribution in [0.15, 0.2) is 48.5 Å². The minimum atomic E-state index is -0.0212. The Bertz CT molecular complexity index is 984. The molecule has 2 aromatic carbocycles. The number of carbonyl (C=O) groups is 1. The van der Waals surface area contributed by atoms with Crippen LogP contribution in [0.2, 0.25) is 0 Å². The smallest absolute Gasteiger partial charge is 0.203 e. The fourth-order valence-electron chi connectivity index (χ4n) is 3.12. The summed E-state index contributed by atoms with van der Waals surface area (Å²) in [5.41, 5.74) is 2.84. The molecular formula is C21H26N4O2. The summed E-state index contributed by atoms with van der Waals surface area (Å²) in [7, 11) is 4.03. The van der Waals surface area contributed by atoms with E-state index in [-0.39, 0.29) is 12.3 Å². The molecule has 0 radical (unpaired) electrons. The third-order valence-electron chi connectivity index (χ3n) is 4.53. The molecule has 1 aromatic heterocycles. The second kappa shape index (κ2) is 8.22. The first-order valence-electron chi connectivity index (χ1n) is 9.14. The van der Waals surface area contributed by atoms with Crippen molar-refractivity contribution in [2.24, 2.45) is 0 Å². The Labute approximate surface area is 159 Å². The van der Waals surface area contributed by atoms with Crippen molar-refractivity contribution in [1.29, 1.82) is 5.41 Å². The predicted molar refractivity (Wildman–Crippen MR) is 106 cm³/mol. The summed E-state index contributed by atoms with van der Waals surface area (Å²) in [6.07, 6.45) is 0. The zero-order chi connectivity index (χ0) is 19.4. The van der Waals surface area contributed by atoms with E-state index in [2.05, 4.69) is 4.90 Å². The van der Waals surface area contributed by atoms with Gasteiger partial charge in [0.05, 0.1) is 24.2 Å². The fraction of sp³-hybridized carbons (Fsp3) is 0.333. The average molecular weight is 366 g/mol. The number of ketones is 1. The lowest BCUT2D eigenvalue weighted by atomic mass is 10.1. The first-order valence-corrected chi connectivity index (χ1v) is 9.14. The number of rotatable bonds is 8. The minimum Gasteiger partial charge on any atom is -0.494 e. The summed E-state index contributed by atoms with van der Waals surface area (Å²) < 4.78 is 9.17. The highest BCUT2D eigenvalue weighted by molar-refractivity contribution is 5.96. The monoisotopic (exact) mass is 366 g/mol. The van der Waals surface area contributed by atoms with E-state index in [4.69, 9.17) is 10.1 Å². The van der Waals surface area contributed by atoms with Gasteiger partial charge in [-0.25, -0.2) is 0 Å². The van der Waals surface area contributed by atoms with Crippen LogP contribution >= 0.6 is 0 Å². The van der Waals surface area contributed by atoms with Gasteiger partial charge in [-0.05, 0) is 57.4 Å². The number of benzene rings is 2. The van der Waals surface area contributed by atoms with Gasteiger partial charge in [-0.15, -0.1) is 0 Å². The molecule has 0 saturated carbocycles. The Balaban J connectivity index is 1.91. The Kier molecular flexibility index (Phi) is 5.76. The molecule has 1 heterocycles. The van der Waals surface area contributed by atoms with Crippen LogP contribution < -0.4 is 10.4 Å². The summed E-state index contributed by atoms with van der Waals surface area (Å²) in [6.45, 7) is 4.20. The molecule has 0 fully saturated rings. The standard InChI is InChI=1S/C21H26N4O2/c1-4-27-17-11-9-16(10-12-17)20(26)15-25-19-8-6-5-7-18(19)24(21(25)22)14-13-23(2)3/h5-12,22H,4,13-15H2,1-3H3. The Morgan fingerprint density at radius 2 is 1.67 bits per heavy atom. The fourth-order valence-corrected chi connectivity index (χ4v) is 3.12. The van der Waals surface area contributed by atoms with Crippen molar-refractivity contribution >= 4 is 16.8 Å². The summed E-state index contributed by atoms with van der Waals surface area (Å²) in [6, 6.07) is 15.0. The van der Waals surface area contributed by atoms with Gasteiger partial charge in [-0.1, -0.05) is 12.1 Å². The second-order valence-electron chi connectivity index (χ2n) is 6.73. The molecule has 6 nitrogen and oxygen atoms in total. The lowest BCUT2D eigenvalue weighted by Crippen LogP contribution is -2.30. The quantitative estimate of drug-likeness (QED) is 0.624. The molecule has 0 atom stereocenters. The van der Waals surface area contributed by atoms with Crippen LogP contribution in [0.25, 0.3) is 11.0 Å². The zero-order valence-electron chi connectivity index (χ0n) is 16.1. The first-order chi connectivity index (χ1) is 13.0. The zero-order valence-corrected chi connectivity index (χ0v) is 16.1. The van der Waals surface area contributed by atoms with Gasteiger partial charge >= 0.3 is 0 Å². The number of likely N-dealkylation sites (N-methyl/N-ethyl adjacent to an activating group) is 1. The van der Waals surface area contributed by atoms with Crippen molar-refractivity contribution < 1.29 is 9.53 Å². The van der Waals surface area contributed by atoms with Crippen LogP contribution in [-0.4, -0.2) is 47.1 Å². The van der Waals surface area contributed by atoms with Crippen LogP contribution in [-0.2, 0) is 13.1 Å². The summed E-state index contributed by atoms with van der Waals surface area (Å²) >= 11 is 0. The van der Waals surface area contributed by atoms with Crippen molar-refractivity contribution in [3.8, 4) is 5.75 Å². The number of nitrogens with one attached hydrogen (secondary N) is 1. The Morgan fingerprint density at radius 1 is 1.04 bits per heavy atom. The Hall–Kier alpha value is -2.86. The maximum absolute atomic E-state index is 12.8. The summed E-state index contributed by atoms with van der Waals surface area (Å²) in [5.74, 6) is 0.732. The van der Waals surface area contributed by atoms with Crippen molar-refractivity contribution in [2.75, 3.05) is 27.2 Å². The van der Waals surface area contributed by atoms with E-state index in [9.17, 15) is 4.79 Å². The number of ether oxygens (including phenoxy) is 1. The average Bonchev–Trinajstić information content (AvgIpc) is 2.92. The van der Waals surface area contributed by atoms with Gasteiger partial charge in [0.2, 0.25) is 5.62 Å². The van der Waals surface area contributed by atoms with Crippen LogP contribution in [0.4, 0.5) is 0 Å². The molecule has 0 bridgehead atoms. The normalized spacial score (nSPS) is 11.3. The molecule has 3 aromatic rings. The summed E-state index contributed by atoms with van der Waals surface area (Å²) in [5, 5.41) is 8.60. The molecule has 0 aliphatic heterocycles. The van der Waals surface area contributed by atoms with Crippen LogP contribution in [0.1, 0.15) is 17.3 Å². The van der Waals surface area contributed by atoms with E-state index in [1.807, 2.05) is 62.0 Å². The third-order valence-corrected chi connectivity index (χ3v) is 4.53. The molecule has 27 heavy (non-hydrogen) atoms. The lowest BCUT2D eigenvalue weighted by Gasteiger charge is -2.10. The van der Waals surface area contributed by atoms with Gasteiger partial charge in [0, 0.05) is 18.7 Å². The minimum absolute atomic E-state index is 0.0212. The molecule has 6 heteroatoms. The highest BCUT2D eigenvalue weighted by atomic mass is 16.5. The number of carbonyl (C=O) groups excluding carboxylic acids is 1. The maximum atomic E-state index is 12.8. The number of imidazole rings is 1. The van der Waals surface area contributed by atoms with Crippen LogP contribution in [0, 0.1) is 5.41 Å². The molecule has 1 N–H and O–H groups in total. The molecule has 0 spiro atoms. The SMILES string of the molecule is CCOc1ccc(C(=O)Cn2c(=N)n(CCN(C)C)c3ccccc32)cc1. The van der Waals surface area contributed by atoms with Crippen molar-refractivity contribution in [3.63, 3.8) is 0 Å². The van der Waals surface area contributed by atoms with Crippen LogP contribution in [0.3, 0.4) is 0 Å². The number of Topliss-reactive ketones (excluding diaryl/α,β-unsaturated/α-hetero) is 1. The molecule has 0 amide bonds. The first kappa shape index (κ1) is 18.9. The molecule has 3 rings (SSSR count). The summed E-state index contributed by atoms with van der Waals surface area (Å²) in [4.78, 5) is 14.9. The third kappa shape index (κ3) is 4.11. The molecular weight excluding hydrogens is 340 g/mol. The van der Waals surface area contributed by atoms with E-state index in [1.165, 1.54) is 0 Å². The Morgan fingerprint density at radius 3 is 2.26 bits per heavy atom. The van der Waals surface area contributed by atoms with Gasteiger partial charge in [0.1, 0.15) is 5.75 Å². The molecule has 0 aliphatic rings.